The van der Waals surface area contributed by atoms with Crippen LogP contribution in [0.3, 0.4) is 0 Å². The van der Waals surface area contributed by atoms with E-state index in [9.17, 15) is 9.59 Å². The molecule has 0 bridgehead atoms. The first-order chi connectivity index (χ1) is 8.08. The van der Waals surface area contributed by atoms with Crippen LogP contribution in [0.1, 0.15) is 0 Å². The van der Waals surface area contributed by atoms with E-state index in [0.29, 0.717) is 32.7 Å². The molecule has 0 amide bonds. The molecule has 0 saturated heterocycles. The van der Waals surface area contributed by atoms with Crippen molar-refractivity contribution in [3.05, 3.63) is 0 Å². The minimum atomic E-state index is -0.887. The fourth-order valence-electron chi connectivity index (χ4n) is 1.63. The predicted octanol–water partition coefficient (Wildman–Crippen LogP) is -1.16. The maximum absolute atomic E-state index is 10.6. The Morgan fingerprint density at radius 1 is 1.06 bits per heavy atom. The van der Waals surface area contributed by atoms with E-state index in [2.05, 4.69) is 4.99 Å². The molecule has 1 aliphatic heterocycles. The van der Waals surface area contributed by atoms with Crippen molar-refractivity contribution >= 4 is 18.2 Å². The van der Waals surface area contributed by atoms with Gasteiger partial charge in [0.25, 0.3) is 0 Å². The molecule has 1 rings (SSSR count). The second-order valence-corrected chi connectivity index (χ2v) is 3.89. The van der Waals surface area contributed by atoms with Gasteiger partial charge in [-0.2, -0.15) is 0 Å². The summed E-state index contributed by atoms with van der Waals surface area (Å²) in [6.45, 7) is 2.63. The maximum atomic E-state index is 10.6. The number of aliphatic imine (C=N–C) groups is 1. The highest BCUT2D eigenvalue weighted by atomic mass is 16.4. The van der Waals surface area contributed by atoms with Gasteiger partial charge in [-0.25, -0.2) is 0 Å². The van der Waals surface area contributed by atoms with Crippen LogP contribution in [0.4, 0.5) is 0 Å². The first-order valence-electron chi connectivity index (χ1n) is 5.44. The number of hydrogen-bond donors (Lipinski definition) is 2. The first-order valence-corrected chi connectivity index (χ1v) is 5.44. The predicted molar refractivity (Wildman–Crippen MR) is 61.5 cm³/mol. The maximum Gasteiger partial charge on any atom is 0.317 e. The van der Waals surface area contributed by atoms with Crippen molar-refractivity contribution in [3.63, 3.8) is 0 Å². The Morgan fingerprint density at radius 3 is 2.29 bits per heavy atom. The second-order valence-electron chi connectivity index (χ2n) is 3.89. The second kappa shape index (κ2) is 6.97. The van der Waals surface area contributed by atoms with Gasteiger partial charge < -0.3 is 10.2 Å². The summed E-state index contributed by atoms with van der Waals surface area (Å²) in [7, 11) is 0. The topological polar surface area (TPSA) is 93.4 Å². The molecule has 0 spiro atoms. The van der Waals surface area contributed by atoms with Gasteiger partial charge in [0.1, 0.15) is 0 Å². The number of carbonyl (C=O) groups is 2. The lowest BCUT2D eigenvalue weighted by molar-refractivity contribution is -0.140. The molecule has 96 valence electrons. The summed E-state index contributed by atoms with van der Waals surface area (Å²) in [6, 6.07) is 0. The van der Waals surface area contributed by atoms with Crippen molar-refractivity contribution in [2.24, 2.45) is 4.99 Å². The Balaban J connectivity index is 2.51. The Kier molecular flexibility index (Phi) is 5.58. The molecule has 7 heteroatoms. The summed E-state index contributed by atoms with van der Waals surface area (Å²) in [5.74, 6) is -1.76. The van der Waals surface area contributed by atoms with Crippen LogP contribution in [0, 0.1) is 0 Å². The largest absolute Gasteiger partial charge is 0.480 e. The summed E-state index contributed by atoms with van der Waals surface area (Å²) < 4.78 is 0. The van der Waals surface area contributed by atoms with E-state index in [4.69, 9.17) is 10.2 Å². The Hall–Kier alpha value is -1.47. The highest BCUT2D eigenvalue weighted by Crippen LogP contribution is 1.95. The summed E-state index contributed by atoms with van der Waals surface area (Å²) in [6.07, 6.45) is 1.69. The van der Waals surface area contributed by atoms with Crippen molar-refractivity contribution in [2.75, 3.05) is 45.8 Å². The van der Waals surface area contributed by atoms with Crippen molar-refractivity contribution in [3.8, 4) is 0 Å². The molecule has 2 N–H and O–H groups in total. The molecule has 0 unspecified atom stereocenters. The normalized spacial score (nSPS) is 19.3. The molecule has 1 heterocycles. The number of carboxylic acids is 2. The lowest BCUT2D eigenvalue weighted by Crippen LogP contribution is -2.40. The van der Waals surface area contributed by atoms with Crippen LogP contribution in [0.25, 0.3) is 0 Å². The molecule has 0 aromatic rings. The monoisotopic (exact) mass is 243 g/mol. The number of aliphatic carboxylic acids is 2. The highest BCUT2D eigenvalue weighted by molar-refractivity contribution is 5.70. The van der Waals surface area contributed by atoms with Crippen LogP contribution in [0.5, 0.6) is 0 Å². The van der Waals surface area contributed by atoms with Gasteiger partial charge in [-0.05, 0) is 0 Å². The summed E-state index contributed by atoms with van der Waals surface area (Å²) >= 11 is 0. The zero-order valence-electron chi connectivity index (χ0n) is 9.58. The number of rotatable bonds is 4. The summed E-state index contributed by atoms with van der Waals surface area (Å²) in [5, 5.41) is 17.4. The highest BCUT2D eigenvalue weighted by Gasteiger charge is 2.14. The molecule has 0 aliphatic carbocycles. The van der Waals surface area contributed by atoms with Crippen LogP contribution < -0.4 is 0 Å². The van der Waals surface area contributed by atoms with Gasteiger partial charge >= 0.3 is 11.9 Å². The Labute approximate surface area is 99.3 Å². The molecular formula is C10H17N3O4. The number of carboxylic acid groups (broad SMARTS) is 2. The van der Waals surface area contributed by atoms with Crippen molar-refractivity contribution in [1.29, 1.82) is 0 Å². The quantitative estimate of drug-likeness (QED) is 0.647. The average molecular weight is 243 g/mol. The molecule has 7 nitrogen and oxygen atoms in total. The molecule has 1 aliphatic rings. The van der Waals surface area contributed by atoms with Gasteiger partial charge in [0.2, 0.25) is 0 Å². The SMILES string of the molecule is O=C(O)CN1CC=NCCN(CC(=O)O)CC1. The Bertz CT molecular complexity index is 306. The van der Waals surface area contributed by atoms with E-state index < -0.39 is 11.9 Å². The van der Waals surface area contributed by atoms with Crippen LogP contribution in [-0.4, -0.2) is 84.0 Å². The lowest BCUT2D eigenvalue weighted by atomic mass is 10.4. The van der Waals surface area contributed by atoms with E-state index in [-0.39, 0.29) is 13.1 Å². The van der Waals surface area contributed by atoms with Gasteiger partial charge in [0, 0.05) is 32.4 Å². The third-order valence-corrected chi connectivity index (χ3v) is 2.46. The minimum absolute atomic E-state index is 0.0313. The van der Waals surface area contributed by atoms with E-state index in [1.54, 1.807) is 16.0 Å². The average Bonchev–Trinajstić information content (AvgIpc) is 2.31. The van der Waals surface area contributed by atoms with Crippen molar-refractivity contribution < 1.29 is 19.8 Å². The van der Waals surface area contributed by atoms with Crippen molar-refractivity contribution in [1.82, 2.24) is 9.80 Å². The van der Waals surface area contributed by atoms with E-state index in [1.165, 1.54) is 0 Å². The molecule has 0 aromatic carbocycles. The molecule has 0 saturated carbocycles. The first kappa shape index (κ1) is 13.6. The smallest absolute Gasteiger partial charge is 0.317 e. The lowest BCUT2D eigenvalue weighted by Gasteiger charge is -2.22. The van der Waals surface area contributed by atoms with Crippen molar-refractivity contribution in [2.45, 2.75) is 0 Å². The fourth-order valence-corrected chi connectivity index (χ4v) is 1.63. The molecule has 0 aromatic heterocycles. The molecular weight excluding hydrogens is 226 g/mol. The molecule has 0 fully saturated rings. The summed E-state index contributed by atoms with van der Waals surface area (Å²) in [4.78, 5) is 28.8. The van der Waals surface area contributed by atoms with Gasteiger partial charge in [-0.15, -0.1) is 0 Å². The molecule has 0 atom stereocenters. The standard InChI is InChI=1S/C10H17N3O4/c14-9(15)7-12-3-1-11-2-4-13(6-5-12)8-10(16)17/h1H,2-8H2,(H,14,15)(H,16,17). The van der Waals surface area contributed by atoms with Gasteiger partial charge in [0.15, 0.2) is 0 Å². The van der Waals surface area contributed by atoms with Crippen LogP contribution in [-0.2, 0) is 9.59 Å². The van der Waals surface area contributed by atoms with Gasteiger partial charge in [-0.1, -0.05) is 0 Å². The molecule has 17 heavy (non-hydrogen) atoms. The van der Waals surface area contributed by atoms with Crippen LogP contribution >= 0.6 is 0 Å². The molecule has 0 radical (unpaired) electrons. The van der Waals surface area contributed by atoms with Gasteiger partial charge in [-0.3, -0.25) is 24.4 Å². The van der Waals surface area contributed by atoms with E-state index in [0.717, 1.165) is 0 Å². The van der Waals surface area contributed by atoms with Gasteiger partial charge in [0.05, 0.1) is 19.6 Å². The Morgan fingerprint density at radius 2 is 1.65 bits per heavy atom. The van der Waals surface area contributed by atoms with Crippen LogP contribution in [0.15, 0.2) is 4.99 Å². The zero-order valence-corrected chi connectivity index (χ0v) is 9.58. The van der Waals surface area contributed by atoms with Crippen LogP contribution in [0.2, 0.25) is 0 Å². The third kappa shape index (κ3) is 5.98. The zero-order chi connectivity index (χ0) is 12.7. The number of hydrogen-bond acceptors (Lipinski definition) is 5. The van der Waals surface area contributed by atoms with E-state index >= 15 is 0 Å². The minimum Gasteiger partial charge on any atom is -0.480 e. The fraction of sp³-hybridized carbons (Fsp3) is 0.700. The number of nitrogens with zero attached hydrogens (tertiary/aromatic N) is 3. The third-order valence-electron chi connectivity index (χ3n) is 2.46. The van der Waals surface area contributed by atoms with E-state index in [1.807, 2.05) is 0 Å². The summed E-state index contributed by atoms with van der Waals surface area (Å²) in [5.41, 5.74) is 0.